The number of nitrogens with two attached hydrogens (primary N) is 1. The Morgan fingerprint density at radius 2 is 1.92 bits per heavy atom. The van der Waals surface area contributed by atoms with Crippen molar-refractivity contribution in [2.24, 2.45) is 0 Å². The summed E-state index contributed by atoms with van der Waals surface area (Å²) >= 11 is 1.69. The second kappa shape index (κ2) is 3.15. The standard InChI is InChI=1S/C9H9N2S/c10-9-11-8(6-12-9)7-4-2-1-3-5-7/h1-6,11H,10H2/q+1/p+2. The maximum Gasteiger partial charge on any atom is 0.547 e. The summed E-state index contributed by atoms with van der Waals surface area (Å²) in [7, 11) is 0. The fraction of sp³-hybridized carbons (Fsp3) is 0. The summed E-state index contributed by atoms with van der Waals surface area (Å²) in [5.41, 5.74) is 6.42. The van der Waals surface area contributed by atoms with Gasteiger partial charge in [-0.25, -0.2) is 5.73 Å². The first kappa shape index (κ1) is 7.61. The maximum absolute atomic E-state index is 3.89. The largest absolute Gasteiger partial charge is 0.547 e. The van der Waals surface area contributed by atoms with Crippen LogP contribution in [0, 0.1) is 0 Å². The molecule has 1 aromatic carbocycles. The average Bonchev–Trinajstić information content (AvgIpc) is 2.54. The monoisotopic (exact) mass is 179 g/mol. The number of hydrogen-bond donors (Lipinski definition) is 2. The van der Waals surface area contributed by atoms with Gasteiger partial charge in [-0.2, -0.15) is 5.32 Å². The second-order valence-electron chi connectivity index (χ2n) is 2.67. The van der Waals surface area contributed by atoms with Crippen LogP contribution in [0.2, 0.25) is 0 Å². The number of hydrogen-bond acceptors (Lipinski definition) is 0. The summed E-state index contributed by atoms with van der Waals surface area (Å²) in [5.74, 6) is 0. The molecule has 0 aromatic heterocycles. The number of quaternary nitrogens is 2. The quantitative estimate of drug-likeness (QED) is 0.409. The molecule has 0 saturated heterocycles. The fourth-order valence-corrected chi connectivity index (χ4v) is 1.84. The highest BCUT2D eigenvalue weighted by atomic mass is 32.1. The van der Waals surface area contributed by atoms with Gasteiger partial charge in [-0.05, 0) is 12.1 Å². The number of rotatable bonds is 1. The molecule has 12 heavy (non-hydrogen) atoms. The molecule has 1 aromatic rings. The Hall–Kier alpha value is -1.03. The van der Waals surface area contributed by atoms with Gasteiger partial charge in [0.25, 0.3) is 5.41 Å². The van der Waals surface area contributed by atoms with E-state index in [0.29, 0.717) is 0 Å². The van der Waals surface area contributed by atoms with Crippen LogP contribution in [0.4, 0.5) is 0 Å². The van der Waals surface area contributed by atoms with E-state index in [2.05, 4.69) is 40.7 Å². The van der Waals surface area contributed by atoms with Gasteiger partial charge in [-0.15, -0.1) is 0 Å². The molecular weight excluding hydrogens is 168 g/mol. The summed E-state index contributed by atoms with van der Waals surface area (Å²) in [6, 6.07) is 10.4. The zero-order valence-corrected chi connectivity index (χ0v) is 7.47. The van der Waals surface area contributed by atoms with E-state index in [-0.39, 0.29) is 0 Å². The van der Waals surface area contributed by atoms with Gasteiger partial charge >= 0.3 is 16.5 Å². The predicted molar refractivity (Wildman–Crippen MR) is 51.6 cm³/mol. The molecule has 1 heterocycles. The third-order valence-corrected chi connectivity index (χ3v) is 2.55. The minimum atomic E-state index is 1.12. The van der Waals surface area contributed by atoms with Gasteiger partial charge in [-0.1, -0.05) is 18.2 Å². The third-order valence-electron chi connectivity index (χ3n) is 1.76. The molecule has 0 fully saturated rings. The molecule has 0 amide bonds. The van der Waals surface area contributed by atoms with Gasteiger partial charge in [0.15, 0.2) is 0 Å². The Bertz CT molecular complexity index is 341. The van der Waals surface area contributed by atoms with Crippen molar-refractivity contribution in [1.29, 1.82) is 0 Å². The molecule has 0 bridgehead atoms. The highest BCUT2D eigenvalue weighted by molar-refractivity contribution is 7.81. The fourth-order valence-electron chi connectivity index (χ4n) is 1.16. The van der Waals surface area contributed by atoms with Crippen molar-refractivity contribution in [1.82, 2.24) is 0 Å². The Kier molecular flexibility index (Phi) is 1.99. The average molecular weight is 179 g/mol. The van der Waals surface area contributed by atoms with Crippen LogP contribution < -0.4 is 11.1 Å². The topological polar surface area (TPSA) is 44.2 Å². The Labute approximate surface area is 75.0 Å². The maximum atomic E-state index is 3.89. The van der Waals surface area contributed by atoms with Crippen molar-refractivity contribution < 1.29 is 11.1 Å². The molecule has 60 valence electrons. The highest BCUT2D eigenvalue weighted by Gasteiger charge is 2.26. The van der Waals surface area contributed by atoms with Crippen LogP contribution in [0.25, 0.3) is 5.70 Å². The number of benzene rings is 1. The van der Waals surface area contributed by atoms with Crippen LogP contribution >= 0.6 is 0 Å². The third kappa shape index (κ3) is 1.43. The van der Waals surface area contributed by atoms with E-state index < -0.39 is 0 Å². The van der Waals surface area contributed by atoms with Gasteiger partial charge < -0.3 is 0 Å². The normalized spacial score (nSPS) is 15.8. The first-order chi connectivity index (χ1) is 5.86. The van der Waals surface area contributed by atoms with Gasteiger partial charge in [0.05, 0.1) is 0 Å². The van der Waals surface area contributed by atoms with E-state index in [4.69, 9.17) is 0 Å². The Balaban J connectivity index is 2.25. The van der Waals surface area contributed by atoms with Crippen molar-refractivity contribution in [3.05, 3.63) is 41.3 Å². The van der Waals surface area contributed by atoms with Crippen molar-refractivity contribution in [3.8, 4) is 0 Å². The lowest BCUT2D eigenvalue weighted by Crippen LogP contribution is -2.96. The molecule has 5 N–H and O–H groups in total. The predicted octanol–water partition coefficient (Wildman–Crippen LogP) is -1.03. The lowest BCUT2D eigenvalue weighted by Gasteiger charge is -1.92. The van der Waals surface area contributed by atoms with E-state index in [1.165, 1.54) is 11.3 Å². The Morgan fingerprint density at radius 1 is 1.17 bits per heavy atom. The molecule has 0 spiro atoms. The lowest BCUT2D eigenvalue weighted by atomic mass is 10.2. The van der Waals surface area contributed by atoms with Crippen molar-refractivity contribution in [3.63, 3.8) is 0 Å². The molecule has 2 nitrogen and oxygen atoms in total. The van der Waals surface area contributed by atoms with Crippen molar-refractivity contribution >= 4 is 22.2 Å². The lowest BCUT2D eigenvalue weighted by molar-refractivity contribution is -0.510. The van der Waals surface area contributed by atoms with E-state index in [1.54, 1.807) is 11.4 Å². The smallest absolute Gasteiger partial charge is 0.225 e. The summed E-state index contributed by atoms with van der Waals surface area (Å²) < 4.78 is 0. The zero-order valence-electron chi connectivity index (χ0n) is 6.66. The van der Waals surface area contributed by atoms with Crippen molar-refractivity contribution in [2.45, 2.75) is 0 Å². The first-order valence-corrected chi connectivity index (χ1v) is 4.70. The molecule has 2 rings (SSSR count). The van der Waals surface area contributed by atoms with Crippen LogP contribution in [-0.2, 0) is 11.4 Å². The van der Waals surface area contributed by atoms with E-state index in [0.717, 1.165) is 5.11 Å². The second-order valence-corrected chi connectivity index (χ2v) is 3.66. The van der Waals surface area contributed by atoms with Gasteiger partial charge in [0.2, 0.25) is 5.70 Å². The molecule has 0 unspecified atom stereocenters. The molecule has 3 heteroatoms. The molecule has 0 atom stereocenters. The first-order valence-electron chi connectivity index (χ1n) is 3.82. The molecule has 0 saturated carbocycles. The van der Waals surface area contributed by atoms with Crippen LogP contribution in [0.1, 0.15) is 5.56 Å². The van der Waals surface area contributed by atoms with Gasteiger partial charge in [-0.3, -0.25) is 0 Å². The molecule has 0 radical (unpaired) electrons. The van der Waals surface area contributed by atoms with Crippen molar-refractivity contribution in [2.75, 3.05) is 0 Å². The van der Waals surface area contributed by atoms with Gasteiger partial charge in [0.1, 0.15) is 0 Å². The van der Waals surface area contributed by atoms with Crippen LogP contribution in [0.3, 0.4) is 0 Å². The van der Waals surface area contributed by atoms with E-state index >= 15 is 0 Å². The summed E-state index contributed by atoms with van der Waals surface area (Å²) in [6.07, 6.45) is 0. The van der Waals surface area contributed by atoms with E-state index in [1.807, 2.05) is 6.07 Å². The van der Waals surface area contributed by atoms with E-state index in [9.17, 15) is 0 Å². The van der Waals surface area contributed by atoms with Crippen LogP contribution in [0.5, 0.6) is 0 Å². The van der Waals surface area contributed by atoms with Crippen LogP contribution in [-0.4, -0.2) is 5.11 Å². The zero-order chi connectivity index (χ0) is 8.39. The summed E-state index contributed by atoms with van der Waals surface area (Å²) in [6.45, 7) is 0. The molecule has 1 aliphatic rings. The minimum Gasteiger partial charge on any atom is -0.225 e. The van der Waals surface area contributed by atoms with Crippen LogP contribution in [0.15, 0.2) is 35.7 Å². The molecule has 1 aliphatic heterocycles. The minimum absolute atomic E-state index is 1.12. The SMILES string of the molecule is [NH3+]C1=[S+]C=C(c2ccccc2)[NH2+]1. The summed E-state index contributed by atoms with van der Waals surface area (Å²) in [4.78, 5) is 0. The highest BCUT2D eigenvalue weighted by Crippen LogP contribution is 2.06. The Morgan fingerprint density at radius 3 is 2.50 bits per heavy atom. The molecular formula is C9H11N2S+3. The summed E-state index contributed by atoms with van der Waals surface area (Å²) in [5, 5.41) is 5.37. The van der Waals surface area contributed by atoms with Gasteiger partial charge in [0, 0.05) is 5.56 Å². The molecule has 0 aliphatic carbocycles.